The average molecular weight is 620 g/mol. The minimum absolute atomic E-state index is 0.0167. The summed E-state index contributed by atoms with van der Waals surface area (Å²) in [5, 5.41) is 0. The molecule has 2 heterocycles. The number of anilines is 1. The lowest BCUT2D eigenvalue weighted by Gasteiger charge is -2.27. The molecule has 186 valence electrons. The summed E-state index contributed by atoms with van der Waals surface area (Å²) in [4.78, 5) is 27.5. The molecule has 11 heteroatoms. The number of fused-ring (bicyclic) bond motifs is 1. The summed E-state index contributed by atoms with van der Waals surface area (Å²) in [5.41, 5.74) is 0.988. The van der Waals surface area contributed by atoms with Gasteiger partial charge in [-0.2, -0.15) is 4.31 Å². The number of methoxy groups -OCH3 is 1. The topological polar surface area (TPSA) is 102 Å². The fourth-order valence-corrected chi connectivity index (χ4v) is 6.10. The Morgan fingerprint density at radius 2 is 1.69 bits per heavy atom. The zero-order chi connectivity index (χ0) is 25.4. The highest BCUT2D eigenvalue weighted by molar-refractivity contribution is 14.1. The highest BCUT2D eigenvalue weighted by Crippen LogP contribution is 2.35. The van der Waals surface area contributed by atoms with Crippen LogP contribution in [0.2, 0.25) is 0 Å². The van der Waals surface area contributed by atoms with Crippen LogP contribution < -0.4 is 19.1 Å². The SMILES string of the molecule is COc1ccc(S(=O)(=O)N(Cc2ccc3c(c2)OCO3)C2CC(=O)N(c3ccc(I)cc3)C2=O)cc1. The molecule has 3 aromatic carbocycles. The number of amides is 2. The zero-order valence-corrected chi connectivity index (χ0v) is 22.1. The fourth-order valence-electron chi connectivity index (χ4n) is 4.17. The number of halogens is 1. The normalized spacial score (nSPS) is 17.2. The maximum atomic E-state index is 13.8. The molecular formula is C25H21IN2O7S. The van der Waals surface area contributed by atoms with Gasteiger partial charge in [-0.3, -0.25) is 9.59 Å². The number of benzene rings is 3. The Morgan fingerprint density at radius 1 is 1.00 bits per heavy atom. The quantitative estimate of drug-likeness (QED) is 0.294. The highest BCUT2D eigenvalue weighted by Gasteiger charge is 2.47. The van der Waals surface area contributed by atoms with E-state index in [1.54, 1.807) is 42.5 Å². The van der Waals surface area contributed by atoms with Gasteiger partial charge in [0.1, 0.15) is 11.8 Å². The Kier molecular flexibility index (Phi) is 6.62. The Hall–Kier alpha value is -3.16. The van der Waals surface area contributed by atoms with E-state index in [-0.39, 0.29) is 24.7 Å². The second kappa shape index (κ2) is 9.71. The summed E-state index contributed by atoms with van der Waals surface area (Å²) in [6, 6.07) is 16.7. The van der Waals surface area contributed by atoms with Crippen LogP contribution in [0.1, 0.15) is 12.0 Å². The molecule has 0 aliphatic carbocycles. The molecule has 5 rings (SSSR count). The third-order valence-corrected chi connectivity index (χ3v) is 8.58. The van der Waals surface area contributed by atoms with Gasteiger partial charge >= 0.3 is 0 Å². The first-order valence-corrected chi connectivity index (χ1v) is 13.5. The molecule has 2 aliphatic rings. The molecule has 0 N–H and O–H groups in total. The number of rotatable bonds is 7. The van der Waals surface area contributed by atoms with E-state index in [0.29, 0.717) is 28.5 Å². The smallest absolute Gasteiger partial charge is 0.252 e. The minimum Gasteiger partial charge on any atom is -0.497 e. The monoisotopic (exact) mass is 620 g/mol. The molecule has 1 saturated heterocycles. The molecule has 2 aliphatic heterocycles. The van der Waals surface area contributed by atoms with E-state index < -0.39 is 27.9 Å². The van der Waals surface area contributed by atoms with E-state index >= 15 is 0 Å². The molecule has 0 saturated carbocycles. The molecule has 2 amide bonds. The summed E-state index contributed by atoms with van der Waals surface area (Å²) in [6.45, 7) is -0.0670. The van der Waals surface area contributed by atoms with Gasteiger partial charge in [0.15, 0.2) is 11.5 Å². The fraction of sp³-hybridized carbons (Fsp3) is 0.200. The minimum atomic E-state index is -4.19. The van der Waals surface area contributed by atoms with Crippen LogP contribution in [0, 0.1) is 3.57 Å². The third kappa shape index (κ3) is 4.53. The van der Waals surface area contributed by atoms with Gasteiger partial charge in [-0.15, -0.1) is 0 Å². The van der Waals surface area contributed by atoms with Crippen LogP contribution in [-0.2, 0) is 26.2 Å². The summed E-state index contributed by atoms with van der Waals surface area (Å²) in [6.07, 6.45) is -0.273. The maximum Gasteiger partial charge on any atom is 0.252 e. The van der Waals surface area contributed by atoms with Gasteiger partial charge in [0.05, 0.1) is 24.1 Å². The van der Waals surface area contributed by atoms with Gasteiger partial charge < -0.3 is 14.2 Å². The summed E-state index contributed by atoms with van der Waals surface area (Å²) >= 11 is 2.13. The first-order chi connectivity index (χ1) is 17.3. The standard InChI is InChI=1S/C25H21IN2O7S/c1-33-19-7-9-20(10-8-19)36(31,32)27(14-16-2-11-22-23(12-16)35-15-34-22)21-13-24(29)28(25(21)30)18-5-3-17(26)4-6-18/h2-12,21H,13-15H2,1H3. The van der Waals surface area contributed by atoms with E-state index in [1.807, 2.05) is 0 Å². The van der Waals surface area contributed by atoms with Crippen molar-refractivity contribution in [3.8, 4) is 17.2 Å². The molecular weight excluding hydrogens is 599 g/mol. The number of nitrogens with zero attached hydrogens (tertiary/aromatic N) is 2. The van der Waals surface area contributed by atoms with E-state index in [1.165, 1.54) is 31.4 Å². The number of carbonyl (C=O) groups excluding carboxylic acids is 2. The van der Waals surface area contributed by atoms with Crippen molar-refractivity contribution in [1.29, 1.82) is 0 Å². The molecule has 0 aromatic heterocycles. The predicted molar refractivity (Wildman–Crippen MR) is 138 cm³/mol. The Labute approximate surface area is 221 Å². The van der Waals surface area contributed by atoms with Crippen molar-refractivity contribution in [3.63, 3.8) is 0 Å². The number of hydrogen-bond donors (Lipinski definition) is 0. The first kappa shape index (κ1) is 24.5. The Bertz CT molecular complexity index is 1430. The Balaban J connectivity index is 1.53. The molecule has 1 atom stereocenters. The average Bonchev–Trinajstić information content (AvgIpc) is 3.46. The van der Waals surface area contributed by atoms with Crippen molar-refractivity contribution in [3.05, 3.63) is 75.9 Å². The van der Waals surface area contributed by atoms with Crippen LogP contribution in [-0.4, -0.2) is 44.5 Å². The molecule has 0 radical (unpaired) electrons. The molecule has 9 nitrogen and oxygen atoms in total. The third-order valence-electron chi connectivity index (χ3n) is 6.00. The summed E-state index contributed by atoms with van der Waals surface area (Å²) < 4.78 is 45.6. The molecule has 36 heavy (non-hydrogen) atoms. The van der Waals surface area contributed by atoms with Crippen molar-refractivity contribution in [2.75, 3.05) is 18.8 Å². The molecule has 0 bridgehead atoms. The predicted octanol–water partition coefficient (Wildman–Crippen LogP) is 3.55. The van der Waals surface area contributed by atoms with Crippen LogP contribution in [0.4, 0.5) is 5.69 Å². The largest absolute Gasteiger partial charge is 0.497 e. The van der Waals surface area contributed by atoms with Crippen molar-refractivity contribution in [2.24, 2.45) is 0 Å². The van der Waals surface area contributed by atoms with E-state index in [2.05, 4.69) is 22.6 Å². The van der Waals surface area contributed by atoms with Gasteiger partial charge in [-0.1, -0.05) is 6.07 Å². The second-order valence-electron chi connectivity index (χ2n) is 8.18. The van der Waals surface area contributed by atoms with E-state index in [0.717, 1.165) is 12.8 Å². The van der Waals surface area contributed by atoms with Gasteiger partial charge in [0, 0.05) is 10.1 Å². The lowest BCUT2D eigenvalue weighted by molar-refractivity contribution is -0.122. The number of carbonyl (C=O) groups is 2. The van der Waals surface area contributed by atoms with Gasteiger partial charge in [0.25, 0.3) is 5.91 Å². The van der Waals surface area contributed by atoms with Crippen LogP contribution >= 0.6 is 22.6 Å². The van der Waals surface area contributed by atoms with Gasteiger partial charge in [-0.25, -0.2) is 13.3 Å². The number of hydrogen-bond acceptors (Lipinski definition) is 7. The summed E-state index contributed by atoms with van der Waals surface area (Å²) in [7, 11) is -2.70. The number of sulfonamides is 1. The lowest BCUT2D eigenvalue weighted by atomic mass is 10.1. The van der Waals surface area contributed by atoms with Gasteiger partial charge in [-0.05, 0) is 88.8 Å². The number of ether oxygens (including phenoxy) is 3. The molecule has 3 aromatic rings. The highest BCUT2D eigenvalue weighted by atomic mass is 127. The van der Waals surface area contributed by atoms with E-state index in [4.69, 9.17) is 14.2 Å². The second-order valence-corrected chi connectivity index (χ2v) is 11.3. The first-order valence-electron chi connectivity index (χ1n) is 10.9. The van der Waals surface area contributed by atoms with Crippen LogP contribution in [0.3, 0.4) is 0 Å². The van der Waals surface area contributed by atoms with Crippen LogP contribution in [0.5, 0.6) is 17.2 Å². The van der Waals surface area contributed by atoms with Crippen LogP contribution in [0.15, 0.2) is 71.6 Å². The number of imide groups is 1. The van der Waals surface area contributed by atoms with Crippen LogP contribution in [0.25, 0.3) is 0 Å². The van der Waals surface area contributed by atoms with Crippen molar-refractivity contribution >= 4 is 50.1 Å². The van der Waals surface area contributed by atoms with E-state index in [9.17, 15) is 18.0 Å². The van der Waals surface area contributed by atoms with Crippen molar-refractivity contribution in [2.45, 2.75) is 23.9 Å². The maximum absolute atomic E-state index is 13.8. The molecule has 1 fully saturated rings. The van der Waals surface area contributed by atoms with Gasteiger partial charge in [0.2, 0.25) is 22.7 Å². The lowest BCUT2D eigenvalue weighted by Crippen LogP contribution is -2.45. The molecule has 0 spiro atoms. The van der Waals surface area contributed by atoms with Crippen molar-refractivity contribution in [1.82, 2.24) is 4.31 Å². The Morgan fingerprint density at radius 3 is 2.39 bits per heavy atom. The summed E-state index contributed by atoms with van der Waals surface area (Å²) in [5.74, 6) is 0.475. The van der Waals surface area contributed by atoms with Crippen molar-refractivity contribution < 1.29 is 32.2 Å². The molecule has 1 unspecified atom stereocenters. The zero-order valence-electron chi connectivity index (χ0n) is 19.1.